The van der Waals surface area contributed by atoms with Gasteiger partial charge in [-0.05, 0) is 17.5 Å². The first-order valence-electron chi connectivity index (χ1n) is 6.53. The third-order valence-corrected chi connectivity index (χ3v) is 3.44. The van der Waals surface area contributed by atoms with Crippen molar-refractivity contribution in [1.29, 1.82) is 0 Å². The van der Waals surface area contributed by atoms with E-state index in [0.29, 0.717) is 0 Å². The van der Waals surface area contributed by atoms with Crippen molar-refractivity contribution >= 4 is 13.8 Å². The van der Waals surface area contributed by atoms with Crippen molar-refractivity contribution in [3.63, 3.8) is 0 Å². The van der Waals surface area contributed by atoms with Gasteiger partial charge in [0.15, 0.2) is 0 Å². The van der Waals surface area contributed by atoms with Crippen molar-refractivity contribution in [2.24, 2.45) is 5.41 Å². The minimum Gasteiger partial charge on any atom is -0.371 e. The van der Waals surface area contributed by atoms with E-state index in [2.05, 4.69) is 69.3 Å². The summed E-state index contributed by atoms with van der Waals surface area (Å²) in [4.78, 5) is 0. The van der Waals surface area contributed by atoms with Gasteiger partial charge in [-0.1, -0.05) is 64.5 Å². The molecule has 0 radical (unpaired) electrons. The summed E-state index contributed by atoms with van der Waals surface area (Å²) in [6, 6.07) is 10.5. The number of hydrogen-bond acceptors (Lipinski definition) is 1. The Morgan fingerprint density at radius 2 is 1.61 bits per heavy atom. The molecule has 2 heteroatoms. The first-order chi connectivity index (χ1) is 8.18. The van der Waals surface area contributed by atoms with Gasteiger partial charge >= 0.3 is 0 Å². The van der Waals surface area contributed by atoms with E-state index in [-0.39, 0.29) is 11.5 Å². The smallest absolute Gasteiger partial charge is 0.129 e. The van der Waals surface area contributed by atoms with Crippen LogP contribution in [0.4, 0.5) is 5.69 Å². The molecule has 1 nitrogen and oxygen atoms in total. The van der Waals surface area contributed by atoms with E-state index in [4.69, 9.17) is 0 Å². The monoisotopic (exact) mass is 259 g/mol. The molecular formula is C16H25NSi. The molecule has 1 aromatic carbocycles. The van der Waals surface area contributed by atoms with Crippen LogP contribution in [0.25, 0.3) is 0 Å². The summed E-state index contributed by atoms with van der Waals surface area (Å²) in [5.41, 5.74) is 4.74. The Hall–Kier alpha value is -1.20. The molecular weight excluding hydrogens is 234 g/mol. The van der Waals surface area contributed by atoms with Gasteiger partial charge in [0.2, 0.25) is 0 Å². The van der Waals surface area contributed by atoms with Gasteiger partial charge in [0, 0.05) is 5.69 Å². The molecule has 0 spiro atoms. The Bertz CT molecular complexity index is 426. The van der Waals surface area contributed by atoms with Gasteiger partial charge in [0.05, 0.1) is 6.04 Å². The normalized spacial score (nSPS) is 13.4. The van der Waals surface area contributed by atoms with Crippen LogP contribution in [0.15, 0.2) is 30.3 Å². The van der Waals surface area contributed by atoms with E-state index in [1.807, 2.05) is 18.2 Å². The van der Waals surface area contributed by atoms with Crippen molar-refractivity contribution in [2.75, 3.05) is 5.32 Å². The topological polar surface area (TPSA) is 12.0 Å². The van der Waals surface area contributed by atoms with Crippen LogP contribution in [0, 0.1) is 16.9 Å². The second kappa shape index (κ2) is 5.62. The molecule has 1 unspecified atom stereocenters. The van der Waals surface area contributed by atoms with E-state index in [9.17, 15) is 0 Å². The van der Waals surface area contributed by atoms with Gasteiger partial charge < -0.3 is 5.32 Å². The van der Waals surface area contributed by atoms with Crippen LogP contribution in [-0.2, 0) is 0 Å². The maximum atomic E-state index is 3.54. The molecule has 0 saturated heterocycles. The Kier molecular flexibility index (Phi) is 4.64. The Labute approximate surface area is 113 Å². The number of para-hydroxylation sites is 1. The van der Waals surface area contributed by atoms with Crippen molar-refractivity contribution in [1.82, 2.24) is 0 Å². The van der Waals surface area contributed by atoms with Crippen LogP contribution in [0.3, 0.4) is 0 Å². The zero-order valence-corrected chi connectivity index (χ0v) is 13.5. The van der Waals surface area contributed by atoms with Crippen molar-refractivity contribution in [3.05, 3.63) is 30.3 Å². The molecule has 0 fully saturated rings. The number of nitrogens with one attached hydrogen (secondary N) is 1. The lowest BCUT2D eigenvalue weighted by atomic mass is 9.87. The van der Waals surface area contributed by atoms with Crippen LogP contribution in [-0.4, -0.2) is 14.1 Å². The molecule has 0 aliphatic heterocycles. The molecule has 0 aliphatic rings. The zero-order chi connectivity index (χ0) is 13.8. The minimum absolute atomic E-state index is 0.127. The molecule has 1 aromatic rings. The zero-order valence-electron chi connectivity index (χ0n) is 12.5. The second-order valence-corrected chi connectivity index (χ2v) is 11.6. The molecule has 0 heterocycles. The van der Waals surface area contributed by atoms with E-state index < -0.39 is 8.07 Å². The van der Waals surface area contributed by atoms with E-state index >= 15 is 0 Å². The molecule has 0 bridgehead atoms. The van der Waals surface area contributed by atoms with E-state index in [1.54, 1.807) is 0 Å². The minimum atomic E-state index is -1.32. The molecule has 18 heavy (non-hydrogen) atoms. The van der Waals surface area contributed by atoms with Gasteiger partial charge in [-0.15, -0.1) is 5.54 Å². The summed E-state index contributed by atoms with van der Waals surface area (Å²) in [5, 5.41) is 3.54. The summed E-state index contributed by atoms with van der Waals surface area (Å²) in [6.07, 6.45) is 0. The largest absolute Gasteiger partial charge is 0.371 e. The van der Waals surface area contributed by atoms with Gasteiger partial charge in [-0.25, -0.2) is 0 Å². The Morgan fingerprint density at radius 3 is 2.06 bits per heavy atom. The highest BCUT2D eigenvalue weighted by Crippen LogP contribution is 2.22. The quantitative estimate of drug-likeness (QED) is 0.613. The number of rotatable bonds is 2. The maximum Gasteiger partial charge on any atom is 0.129 e. The third kappa shape index (κ3) is 5.42. The average molecular weight is 259 g/mol. The molecule has 1 N–H and O–H groups in total. The lowest BCUT2D eigenvalue weighted by Gasteiger charge is -2.28. The van der Waals surface area contributed by atoms with Crippen LogP contribution < -0.4 is 5.32 Å². The number of hydrogen-bond donors (Lipinski definition) is 1. The van der Waals surface area contributed by atoms with E-state index in [0.717, 1.165) is 5.69 Å². The summed E-state index contributed by atoms with van der Waals surface area (Å²) in [7, 11) is -1.32. The third-order valence-electron chi connectivity index (χ3n) is 2.54. The Morgan fingerprint density at radius 1 is 1.06 bits per heavy atom. The fourth-order valence-corrected chi connectivity index (χ4v) is 2.04. The molecule has 0 aromatic heterocycles. The van der Waals surface area contributed by atoms with Gasteiger partial charge in [-0.3, -0.25) is 0 Å². The predicted molar refractivity (Wildman–Crippen MR) is 84.4 cm³/mol. The fraction of sp³-hybridized carbons (Fsp3) is 0.500. The van der Waals surface area contributed by atoms with Crippen LogP contribution in [0.2, 0.25) is 19.6 Å². The fourth-order valence-electron chi connectivity index (χ4n) is 1.46. The summed E-state index contributed by atoms with van der Waals surface area (Å²) in [6.45, 7) is 13.5. The highest BCUT2D eigenvalue weighted by Gasteiger charge is 2.23. The van der Waals surface area contributed by atoms with Gasteiger partial charge in [0.1, 0.15) is 8.07 Å². The van der Waals surface area contributed by atoms with Crippen molar-refractivity contribution in [2.45, 2.75) is 46.5 Å². The molecule has 0 saturated carbocycles. The highest BCUT2D eigenvalue weighted by molar-refractivity contribution is 6.83. The summed E-state index contributed by atoms with van der Waals surface area (Å²) >= 11 is 0. The number of anilines is 1. The van der Waals surface area contributed by atoms with Gasteiger partial charge in [-0.2, -0.15) is 0 Å². The summed E-state index contributed by atoms with van der Waals surface area (Å²) in [5.74, 6) is 3.45. The van der Waals surface area contributed by atoms with Crippen LogP contribution in [0.5, 0.6) is 0 Å². The number of benzene rings is 1. The lowest BCUT2D eigenvalue weighted by Crippen LogP contribution is -2.33. The van der Waals surface area contributed by atoms with E-state index in [1.165, 1.54) is 0 Å². The van der Waals surface area contributed by atoms with Crippen molar-refractivity contribution in [3.8, 4) is 11.5 Å². The molecule has 0 amide bonds. The lowest BCUT2D eigenvalue weighted by molar-refractivity contribution is 0.392. The molecule has 98 valence electrons. The van der Waals surface area contributed by atoms with Crippen molar-refractivity contribution < 1.29 is 0 Å². The predicted octanol–water partition coefficient (Wildman–Crippen LogP) is 4.39. The van der Waals surface area contributed by atoms with Gasteiger partial charge in [0.25, 0.3) is 0 Å². The maximum absolute atomic E-state index is 3.54. The standard InChI is InChI=1S/C16H25NSi/c1-16(2,3)15(12-13-18(4,5)6)17-14-10-8-7-9-11-14/h7-11,15,17H,1-6H3. The second-order valence-electron chi connectivity index (χ2n) is 6.83. The molecule has 0 aliphatic carbocycles. The Balaban J connectivity index is 2.90. The first-order valence-corrected chi connectivity index (χ1v) is 10.0. The average Bonchev–Trinajstić information content (AvgIpc) is 2.22. The summed E-state index contributed by atoms with van der Waals surface area (Å²) < 4.78 is 0. The SMILES string of the molecule is CC(C)(C)C(C#C[Si](C)(C)C)Nc1ccccc1. The first kappa shape index (κ1) is 14.9. The molecule has 1 atom stereocenters. The molecule has 1 rings (SSSR count). The highest BCUT2D eigenvalue weighted by atomic mass is 28.3. The van der Waals surface area contributed by atoms with Crippen LogP contribution in [0.1, 0.15) is 20.8 Å². The van der Waals surface area contributed by atoms with Crippen LogP contribution >= 0.6 is 0 Å².